The van der Waals surface area contributed by atoms with Crippen molar-refractivity contribution in [2.24, 2.45) is 5.16 Å². The van der Waals surface area contributed by atoms with Crippen LogP contribution in [0.25, 0.3) is 0 Å². The summed E-state index contributed by atoms with van der Waals surface area (Å²) < 4.78 is 22.8. The molecule has 7 nitrogen and oxygen atoms in total. The van der Waals surface area contributed by atoms with Crippen molar-refractivity contribution in [3.05, 3.63) is 34.3 Å². The zero-order chi connectivity index (χ0) is 16.6. The van der Waals surface area contributed by atoms with Crippen LogP contribution in [-0.4, -0.2) is 24.6 Å². The molecule has 9 heteroatoms. The molecular formula is C13H14BrN2O5P. The number of carbonyl (C=O) groups excluding carboxylic acids is 1. The van der Waals surface area contributed by atoms with E-state index in [2.05, 4.69) is 25.9 Å². The van der Waals surface area contributed by atoms with Crippen molar-refractivity contribution in [2.45, 2.75) is 13.8 Å². The second-order valence-electron chi connectivity index (χ2n) is 3.72. The Labute approximate surface area is 136 Å². The van der Waals surface area contributed by atoms with E-state index >= 15 is 0 Å². The highest BCUT2D eigenvalue weighted by Gasteiger charge is 2.33. The third kappa shape index (κ3) is 4.75. The molecule has 0 saturated heterocycles. The highest BCUT2D eigenvalue weighted by molar-refractivity contribution is 9.10. The van der Waals surface area contributed by atoms with Gasteiger partial charge in [-0.05, 0) is 41.9 Å². The zero-order valence-corrected chi connectivity index (χ0v) is 14.5. The number of oxime groups is 1. The molecule has 0 atom stereocenters. The number of carbonyl (C=O) groups is 1. The average Bonchev–Trinajstić information content (AvgIpc) is 2.48. The van der Waals surface area contributed by atoms with Crippen molar-refractivity contribution in [1.29, 1.82) is 5.26 Å². The minimum atomic E-state index is -3.89. The molecule has 0 aliphatic heterocycles. The number of halogens is 1. The van der Waals surface area contributed by atoms with Gasteiger partial charge in [0, 0.05) is 4.47 Å². The standard InChI is InChI=1S/C13H14BrN2O5P/c1-3-19-22(18,20-4-2)12(9-15)16-21-13(17)10-7-5-6-8-11(10)14/h5-8H,3-4H2,1-2H3/b16-12-. The lowest BCUT2D eigenvalue weighted by atomic mass is 10.2. The molecule has 0 heterocycles. The smallest absolute Gasteiger partial charge is 0.311 e. The Balaban J connectivity index is 2.98. The van der Waals surface area contributed by atoms with E-state index in [9.17, 15) is 9.36 Å². The molecule has 0 aliphatic carbocycles. The molecule has 0 bridgehead atoms. The fourth-order valence-corrected chi connectivity index (χ4v) is 3.10. The lowest BCUT2D eigenvalue weighted by molar-refractivity contribution is 0.0516. The summed E-state index contributed by atoms with van der Waals surface area (Å²) in [6, 6.07) is 8.11. The van der Waals surface area contributed by atoms with Gasteiger partial charge in [-0.3, -0.25) is 4.57 Å². The fourth-order valence-electron chi connectivity index (χ4n) is 1.39. The van der Waals surface area contributed by atoms with Gasteiger partial charge in [0.05, 0.1) is 18.8 Å². The Bertz CT molecular complexity index is 646. The molecule has 0 fully saturated rings. The molecule has 0 spiro atoms. The second kappa shape index (κ2) is 8.81. The van der Waals surface area contributed by atoms with E-state index < -0.39 is 19.0 Å². The van der Waals surface area contributed by atoms with E-state index in [4.69, 9.17) is 14.3 Å². The van der Waals surface area contributed by atoms with E-state index in [1.165, 1.54) is 6.07 Å². The molecular weight excluding hydrogens is 375 g/mol. The van der Waals surface area contributed by atoms with Crippen molar-refractivity contribution in [3.63, 3.8) is 0 Å². The van der Waals surface area contributed by atoms with Crippen LogP contribution in [0.3, 0.4) is 0 Å². The van der Waals surface area contributed by atoms with Crippen LogP contribution in [0.5, 0.6) is 0 Å². The van der Waals surface area contributed by atoms with E-state index in [0.29, 0.717) is 4.47 Å². The maximum absolute atomic E-state index is 12.4. The fraction of sp³-hybridized carbons (Fsp3) is 0.308. The Morgan fingerprint density at radius 1 is 1.32 bits per heavy atom. The van der Waals surface area contributed by atoms with Crippen molar-refractivity contribution in [3.8, 4) is 6.07 Å². The lowest BCUT2D eigenvalue weighted by Gasteiger charge is -2.13. The van der Waals surface area contributed by atoms with Gasteiger partial charge >= 0.3 is 13.6 Å². The highest BCUT2D eigenvalue weighted by Crippen LogP contribution is 2.49. The van der Waals surface area contributed by atoms with Crippen LogP contribution in [0.4, 0.5) is 0 Å². The van der Waals surface area contributed by atoms with E-state index in [0.717, 1.165) is 0 Å². The van der Waals surface area contributed by atoms with E-state index in [1.54, 1.807) is 38.1 Å². The Morgan fingerprint density at radius 2 is 1.91 bits per heavy atom. The van der Waals surface area contributed by atoms with Gasteiger partial charge in [-0.25, -0.2) is 4.79 Å². The molecule has 0 radical (unpaired) electrons. The number of hydrogen-bond donors (Lipinski definition) is 0. The van der Waals surface area contributed by atoms with Crippen molar-refractivity contribution < 1.29 is 23.2 Å². The first-order valence-corrected chi connectivity index (χ1v) is 8.65. The van der Waals surface area contributed by atoms with E-state index in [1.807, 2.05) is 0 Å². The number of nitrogens with zero attached hydrogens (tertiary/aromatic N) is 2. The van der Waals surface area contributed by atoms with Crippen molar-refractivity contribution in [2.75, 3.05) is 13.2 Å². The maximum atomic E-state index is 12.4. The minimum absolute atomic E-state index is 0.0517. The van der Waals surface area contributed by atoms with Crippen LogP contribution in [0.2, 0.25) is 0 Å². The van der Waals surface area contributed by atoms with Crippen LogP contribution in [0.15, 0.2) is 33.9 Å². The summed E-state index contributed by atoms with van der Waals surface area (Å²) in [4.78, 5) is 16.6. The normalized spacial score (nSPS) is 11.8. The average molecular weight is 389 g/mol. The molecule has 0 N–H and O–H groups in total. The van der Waals surface area contributed by atoms with E-state index in [-0.39, 0.29) is 18.8 Å². The minimum Gasteiger partial charge on any atom is -0.311 e. The SMILES string of the molecule is CCOP(=O)(OCC)/C(C#N)=N\OC(=O)c1ccccc1Br. The molecule has 0 aromatic heterocycles. The van der Waals surface area contributed by atoms with Crippen molar-refractivity contribution >= 4 is 34.9 Å². The summed E-state index contributed by atoms with van der Waals surface area (Å²) >= 11 is 3.19. The summed E-state index contributed by atoms with van der Waals surface area (Å²) in [7, 11) is -3.89. The van der Waals surface area contributed by atoms with Gasteiger partial charge in [0.1, 0.15) is 6.07 Å². The van der Waals surface area contributed by atoms with Gasteiger partial charge < -0.3 is 13.9 Å². The number of rotatable bonds is 7. The highest BCUT2D eigenvalue weighted by atomic mass is 79.9. The topological polar surface area (TPSA) is 98.0 Å². The third-order valence-corrected chi connectivity index (χ3v) is 4.85. The monoisotopic (exact) mass is 388 g/mol. The predicted octanol–water partition coefficient (Wildman–Crippen LogP) is 3.71. The van der Waals surface area contributed by atoms with Gasteiger partial charge in [-0.1, -0.05) is 17.3 Å². The predicted molar refractivity (Wildman–Crippen MR) is 83.5 cm³/mol. The lowest BCUT2D eigenvalue weighted by Crippen LogP contribution is -2.08. The first-order chi connectivity index (χ1) is 10.5. The Morgan fingerprint density at radius 3 is 2.41 bits per heavy atom. The van der Waals surface area contributed by atoms with Crippen LogP contribution in [0.1, 0.15) is 24.2 Å². The Kier molecular flexibility index (Phi) is 7.42. The van der Waals surface area contributed by atoms with Crippen LogP contribution >= 0.6 is 23.5 Å². The zero-order valence-electron chi connectivity index (χ0n) is 12.0. The molecule has 1 aromatic rings. The van der Waals surface area contributed by atoms with Gasteiger partial charge in [-0.15, -0.1) is 0 Å². The van der Waals surface area contributed by atoms with Crippen molar-refractivity contribution in [1.82, 2.24) is 0 Å². The number of benzene rings is 1. The molecule has 0 aliphatic rings. The first-order valence-electron chi connectivity index (χ1n) is 6.32. The maximum Gasteiger partial charge on any atom is 0.393 e. The van der Waals surface area contributed by atoms with Gasteiger partial charge in [0.2, 0.25) is 0 Å². The molecule has 22 heavy (non-hydrogen) atoms. The quantitative estimate of drug-likeness (QED) is 0.305. The molecule has 1 rings (SSSR count). The Hall–Kier alpha value is -1.52. The molecule has 0 saturated carbocycles. The second-order valence-corrected chi connectivity index (χ2v) is 6.51. The molecule has 0 unspecified atom stereocenters. The van der Waals surface area contributed by atoms with Crippen LogP contribution in [-0.2, 0) is 18.5 Å². The molecule has 118 valence electrons. The van der Waals surface area contributed by atoms with Gasteiger partial charge in [-0.2, -0.15) is 5.26 Å². The van der Waals surface area contributed by atoms with Crippen LogP contribution in [0, 0.1) is 11.3 Å². The van der Waals surface area contributed by atoms with Gasteiger partial charge in [0.15, 0.2) is 0 Å². The first kappa shape index (κ1) is 18.5. The summed E-state index contributed by atoms with van der Waals surface area (Å²) in [5, 5.41) is 12.4. The third-order valence-electron chi connectivity index (χ3n) is 2.27. The molecule has 0 amide bonds. The largest absolute Gasteiger partial charge is 0.393 e. The summed E-state index contributed by atoms with van der Waals surface area (Å²) in [6.07, 6.45) is 0. The summed E-state index contributed by atoms with van der Waals surface area (Å²) in [5.41, 5.74) is -0.400. The van der Waals surface area contributed by atoms with Gasteiger partial charge in [0.25, 0.3) is 5.45 Å². The molecule has 1 aromatic carbocycles. The number of hydrogen-bond acceptors (Lipinski definition) is 7. The summed E-state index contributed by atoms with van der Waals surface area (Å²) in [5.74, 6) is -0.806. The number of nitriles is 1. The summed E-state index contributed by atoms with van der Waals surface area (Å²) in [6.45, 7) is 3.29. The van der Waals surface area contributed by atoms with Crippen LogP contribution < -0.4 is 0 Å².